The second-order valence-corrected chi connectivity index (χ2v) is 7.95. The maximum atomic E-state index is 13.9. The van der Waals surface area contributed by atoms with Gasteiger partial charge in [0.1, 0.15) is 23.1 Å². The lowest BCUT2D eigenvalue weighted by Crippen LogP contribution is -2.12. The molecule has 2 heterocycles. The number of benzene rings is 3. The van der Waals surface area contributed by atoms with Crippen molar-refractivity contribution in [3.8, 4) is 17.2 Å². The maximum Gasteiger partial charge on any atom is 0.346 e. The molecule has 0 atom stereocenters. The summed E-state index contributed by atoms with van der Waals surface area (Å²) in [6.45, 7) is 2.14. The summed E-state index contributed by atoms with van der Waals surface area (Å²) in [6.07, 6.45) is 1.56. The van der Waals surface area contributed by atoms with E-state index in [4.69, 9.17) is 30.5 Å². The number of halogens is 2. The smallest absolute Gasteiger partial charge is 0.346 e. The molecule has 0 unspecified atom stereocenters. The van der Waals surface area contributed by atoms with Gasteiger partial charge in [0.05, 0.1) is 17.7 Å². The first-order chi connectivity index (χ1) is 15.9. The monoisotopic (exact) mass is 466 g/mol. The van der Waals surface area contributed by atoms with Crippen LogP contribution in [-0.4, -0.2) is 18.5 Å². The highest BCUT2D eigenvalue weighted by atomic mass is 35.5. The van der Waals surface area contributed by atoms with Gasteiger partial charge in [0.2, 0.25) is 5.78 Å². The quantitative estimate of drug-likeness (QED) is 0.289. The summed E-state index contributed by atoms with van der Waals surface area (Å²) in [5.74, 6) is -0.842. The molecule has 3 aromatic carbocycles. The summed E-state index contributed by atoms with van der Waals surface area (Å²) in [4.78, 5) is 25.4. The van der Waals surface area contributed by atoms with Crippen molar-refractivity contribution in [3.63, 3.8) is 0 Å². The second-order valence-electron chi connectivity index (χ2n) is 7.52. The number of hydrogen-bond donors (Lipinski definition) is 0. The SMILES string of the molecule is Cc1cc(OC(=O)c2ccccc2F)cc2c1C(=O)/C(=C/c1cc(Cl)cc3c1OCOC3)O2. The Morgan fingerprint density at radius 2 is 2.00 bits per heavy atom. The molecule has 5 rings (SSSR count). The molecule has 33 heavy (non-hydrogen) atoms. The van der Waals surface area contributed by atoms with E-state index >= 15 is 0 Å². The second kappa shape index (κ2) is 8.35. The van der Waals surface area contributed by atoms with Crippen LogP contribution in [0.15, 0.2) is 54.3 Å². The van der Waals surface area contributed by atoms with E-state index in [-0.39, 0.29) is 35.4 Å². The van der Waals surface area contributed by atoms with Gasteiger partial charge < -0.3 is 18.9 Å². The standard InChI is InChI=1S/C25H16ClFO6/c1-13-6-17(32-25(29)18-4-2-3-5-19(18)27)10-20-22(13)23(28)21(33-20)9-14-7-16(26)8-15-11-30-12-31-24(14)15/h2-10H,11-12H2,1H3/b21-9-. The van der Waals surface area contributed by atoms with Crippen LogP contribution in [0.5, 0.6) is 17.2 Å². The number of aryl methyl sites for hydroxylation is 1. The Hall–Kier alpha value is -3.68. The van der Waals surface area contributed by atoms with Crippen LogP contribution in [0, 0.1) is 12.7 Å². The lowest BCUT2D eigenvalue weighted by molar-refractivity contribution is -0.0165. The summed E-state index contributed by atoms with van der Waals surface area (Å²) in [7, 11) is 0. The lowest BCUT2D eigenvalue weighted by Gasteiger charge is -2.20. The zero-order chi connectivity index (χ0) is 23.1. The van der Waals surface area contributed by atoms with Crippen molar-refractivity contribution in [1.82, 2.24) is 0 Å². The van der Waals surface area contributed by atoms with Crippen LogP contribution >= 0.6 is 11.6 Å². The summed E-state index contributed by atoms with van der Waals surface area (Å²) in [5.41, 5.74) is 2.06. The number of rotatable bonds is 3. The highest BCUT2D eigenvalue weighted by molar-refractivity contribution is 6.31. The van der Waals surface area contributed by atoms with Gasteiger partial charge in [-0.1, -0.05) is 23.7 Å². The number of esters is 1. The minimum Gasteiger partial charge on any atom is -0.467 e. The van der Waals surface area contributed by atoms with Gasteiger partial charge in [0, 0.05) is 22.2 Å². The number of carbonyl (C=O) groups is 2. The van der Waals surface area contributed by atoms with E-state index in [2.05, 4.69) is 0 Å². The minimum absolute atomic E-state index is 0.0743. The van der Waals surface area contributed by atoms with E-state index in [0.29, 0.717) is 34.1 Å². The topological polar surface area (TPSA) is 71.1 Å². The van der Waals surface area contributed by atoms with Gasteiger partial charge in [-0.15, -0.1) is 0 Å². The van der Waals surface area contributed by atoms with Gasteiger partial charge >= 0.3 is 5.97 Å². The van der Waals surface area contributed by atoms with E-state index in [0.717, 1.165) is 5.56 Å². The molecule has 0 radical (unpaired) electrons. The Labute approximate surface area is 193 Å². The lowest BCUT2D eigenvalue weighted by atomic mass is 10.0. The zero-order valence-electron chi connectivity index (χ0n) is 17.3. The molecule has 0 saturated heterocycles. The highest BCUT2D eigenvalue weighted by Gasteiger charge is 2.31. The molecule has 0 saturated carbocycles. The predicted molar refractivity (Wildman–Crippen MR) is 117 cm³/mol. The van der Waals surface area contributed by atoms with Gasteiger partial charge in [-0.05, 0) is 48.9 Å². The third kappa shape index (κ3) is 3.97. The zero-order valence-corrected chi connectivity index (χ0v) is 18.1. The van der Waals surface area contributed by atoms with Crippen molar-refractivity contribution < 1.29 is 32.9 Å². The average Bonchev–Trinajstić information content (AvgIpc) is 3.09. The van der Waals surface area contributed by atoms with Crippen LogP contribution in [0.2, 0.25) is 5.02 Å². The first kappa shape index (κ1) is 21.2. The summed E-state index contributed by atoms with van der Waals surface area (Å²) < 4.78 is 35.9. The number of ketones is 1. The van der Waals surface area contributed by atoms with Gasteiger partial charge in [-0.25, -0.2) is 9.18 Å². The number of Topliss-reactive ketones (excluding diaryl/α,β-unsaturated/α-hetero) is 1. The van der Waals surface area contributed by atoms with Crippen molar-refractivity contribution in [3.05, 3.63) is 92.9 Å². The van der Waals surface area contributed by atoms with Gasteiger partial charge in [0.15, 0.2) is 12.6 Å². The van der Waals surface area contributed by atoms with Crippen LogP contribution in [-0.2, 0) is 11.3 Å². The fraction of sp³-hybridized carbons (Fsp3) is 0.120. The molecule has 0 aliphatic carbocycles. The molecule has 166 valence electrons. The first-order valence-corrected chi connectivity index (χ1v) is 10.4. The minimum atomic E-state index is -0.850. The van der Waals surface area contributed by atoms with E-state index in [1.54, 1.807) is 25.1 Å². The van der Waals surface area contributed by atoms with Crippen molar-refractivity contribution in [2.75, 3.05) is 6.79 Å². The molecule has 0 fully saturated rings. The Balaban J connectivity index is 1.46. The van der Waals surface area contributed by atoms with Gasteiger partial charge in [0.25, 0.3) is 0 Å². The Morgan fingerprint density at radius 1 is 1.18 bits per heavy atom. The van der Waals surface area contributed by atoms with Crippen molar-refractivity contribution in [2.24, 2.45) is 0 Å². The third-order valence-corrected chi connectivity index (χ3v) is 5.46. The Morgan fingerprint density at radius 3 is 2.82 bits per heavy atom. The van der Waals surface area contributed by atoms with Crippen LogP contribution in [0.25, 0.3) is 6.08 Å². The van der Waals surface area contributed by atoms with E-state index in [9.17, 15) is 14.0 Å². The summed E-state index contributed by atoms with van der Waals surface area (Å²) in [6, 6.07) is 11.9. The molecule has 3 aromatic rings. The van der Waals surface area contributed by atoms with E-state index in [1.807, 2.05) is 0 Å². The molecular formula is C25H16ClFO6. The molecular weight excluding hydrogens is 451 g/mol. The highest BCUT2D eigenvalue weighted by Crippen LogP contribution is 2.39. The molecule has 2 aliphatic rings. The third-order valence-electron chi connectivity index (χ3n) is 5.24. The largest absolute Gasteiger partial charge is 0.467 e. The number of hydrogen-bond acceptors (Lipinski definition) is 6. The number of fused-ring (bicyclic) bond motifs is 2. The molecule has 0 aromatic heterocycles. The van der Waals surface area contributed by atoms with Crippen molar-refractivity contribution in [2.45, 2.75) is 13.5 Å². The number of allylic oxidation sites excluding steroid dienone is 1. The van der Waals surface area contributed by atoms with Crippen LogP contribution in [0.3, 0.4) is 0 Å². The average molecular weight is 467 g/mol. The molecule has 0 amide bonds. The summed E-state index contributed by atoms with van der Waals surface area (Å²) in [5, 5.41) is 0.469. The van der Waals surface area contributed by atoms with E-state index in [1.165, 1.54) is 36.4 Å². The van der Waals surface area contributed by atoms with E-state index < -0.39 is 11.8 Å². The molecule has 8 heteroatoms. The van der Waals surface area contributed by atoms with Crippen LogP contribution < -0.4 is 14.2 Å². The fourth-order valence-corrected chi connectivity index (χ4v) is 4.03. The summed E-state index contributed by atoms with van der Waals surface area (Å²) >= 11 is 6.21. The van der Waals surface area contributed by atoms with Gasteiger partial charge in [-0.3, -0.25) is 4.79 Å². The number of carbonyl (C=O) groups excluding carboxylic acids is 2. The maximum absolute atomic E-state index is 13.9. The van der Waals surface area contributed by atoms with Crippen LogP contribution in [0.4, 0.5) is 4.39 Å². The van der Waals surface area contributed by atoms with Crippen molar-refractivity contribution >= 4 is 29.4 Å². The fourth-order valence-electron chi connectivity index (χ4n) is 3.78. The Bertz CT molecular complexity index is 1350. The molecule has 6 nitrogen and oxygen atoms in total. The van der Waals surface area contributed by atoms with Crippen molar-refractivity contribution in [1.29, 1.82) is 0 Å². The Kier molecular flexibility index (Phi) is 5.36. The molecule has 0 N–H and O–H groups in total. The first-order valence-electron chi connectivity index (χ1n) is 9.99. The van der Waals surface area contributed by atoms with Crippen LogP contribution in [0.1, 0.15) is 37.4 Å². The number of ether oxygens (including phenoxy) is 4. The predicted octanol–water partition coefficient (Wildman–Crippen LogP) is 5.49. The molecule has 2 aliphatic heterocycles. The normalized spacial score (nSPS) is 15.5. The molecule has 0 spiro atoms. The van der Waals surface area contributed by atoms with Gasteiger partial charge in [-0.2, -0.15) is 0 Å². The molecule has 0 bridgehead atoms.